The van der Waals surface area contributed by atoms with Gasteiger partial charge in [-0.15, -0.1) is 0 Å². The molecule has 11 nitrogen and oxygen atoms in total. The van der Waals surface area contributed by atoms with E-state index < -0.39 is 39.8 Å². The zero-order chi connectivity index (χ0) is 30.3. The predicted octanol–water partition coefficient (Wildman–Crippen LogP) is 2.49. The number of nitrogens with zero attached hydrogens (tertiary/aromatic N) is 1. The van der Waals surface area contributed by atoms with Gasteiger partial charge >= 0.3 is 0 Å². The van der Waals surface area contributed by atoms with Crippen LogP contribution in [0.15, 0.2) is 53.4 Å². The van der Waals surface area contributed by atoms with Gasteiger partial charge in [-0.2, -0.15) is 4.31 Å². The van der Waals surface area contributed by atoms with Crippen LogP contribution in [0.4, 0.5) is 0 Å². The number of hydrogen-bond donors (Lipinski definition) is 3. The summed E-state index contributed by atoms with van der Waals surface area (Å²) >= 11 is 0. The highest BCUT2D eigenvalue weighted by Gasteiger charge is 2.43. The first-order chi connectivity index (χ1) is 20.0. The van der Waals surface area contributed by atoms with E-state index >= 15 is 0 Å². The summed E-state index contributed by atoms with van der Waals surface area (Å²) in [7, 11) is -2.01. The Morgan fingerprint density at radius 1 is 1.10 bits per heavy atom. The zero-order valence-electron chi connectivity index (χ0n) is 24.4. The predicted molar refractivity (Wildman–Crippen MR) is 155 cm³/mol. The van der Waals surface area contributed by atoms with E-state index in [9.17, 15) is 23.1 Å². The summed E-state index contributed by atoms with van der Waals surface area (Å²) in [4.78, 5) is 25.7. The summed E-state index contributed by atoms with van der Waals surface area (Å²) < 4.78 is 44.5. The van der Waals surface area contributed by atoms with Crippen molar-refractivity contribution >= 4 is 21.8 Å². The van der Waals surface area contributed by atoms with Crippen LogP contribution in [0.5, 0.6) is 5.75 Å². The smallest absolute Gasteiger partial charge is 0.249 e. The number of aliphatic hydroxyl groups is 1. The van der Waals surface area contributed by atoms with Gasteiger partial charge in [0.15, 0.2) is 6.29 Å². The van der Waals surface area contributed by atoms with Crippen LogP contribution in [0, 0.1) is 5.41 Å². The van der Waals surface area contributed by atoms with Crippen LogP contribution in [-0.4, -0.2) is 75.2 Å². The molecule has 2 unspecified atom stereocenters. The van der Waals surface area contributed by atoms with E-state index in [0.717, 1.165) is 24.8 Å². The molecule has 2 heterocycles. The van der Waals surface area contributed by atoms with Crippen molar-refractivity contribution in [3.63, 3.8) is 0 Å². The van der Waals surface area contributed by atoms with E-state index in [1.807, 2.05) is 26.0 Å². The van der Waals surface area contributed by atoms with Gasteiger partial charge in [-0.3, -0.25) is 9.59 Å². The topological polar surface area (TPSA) is 144 Å². The number of benzene rings is 2. The summed E-state index contributed by atoms with van der Waals surface area (Å²) in [5.41, 5.74) is 0.761. The van der Waals surface area contributed by atoms with Gasteiger partial charge in [-0.25, -0.2) is 8.42 Å². The number of rotatable bonds is 11. The standard InChI is InChI=1S/C30H41N3O8S/c1-30(2)20-40-29(22-10-12-23(39-3)13-11-22)41-26(30)28(36)31-15-14-25(34)27(35)32-19-21-8-7-9-24(18-21)42(37,38)33-16-5-4-6-17-33/h7-13,18,25-26,29,34H,4-6,14-17,19-20H2,1-3H3,(H,31,36)(H,32,35)/t25?,26-,29?/m0/s1. The molecule has 2 saturated heterocycles. The van der Waals surface area contributed by atoms with Gasteiger partial charge in [-0.1, -0.05) is 44.5 Å². The number of nitrogens with one attached hydrogen (secondary N) is 2. The van der Waals surface area contributed by atoms with Crippen molar-refractivity contribution in [1.82, 2.24) is 14.9 Å². The number of ether oxygens (including phenoxy) is 3. The first-order valence-corrected chi connectivity index (χ1v) is 15.7. The second-order valence-electron chi connectivity index (χ2n) is 11.3. The average molecular weight is 604 g/mol. The fourth-order valence-electron chi connectivity index (χ4n) is 5.00. The van der Waals surface area contributed by atoms with E-state index in [0.29, 0.717) is 31.0 Å². The minimum absolute atomic E-state index is 0.00743. The molecule has 3 atom stereocenters. The largest absolute Gasteiger partial charge is 0.497 e. The Bertz CT molecular complexity index is 1330. The highest BCUT2D eigenvalue weighted by Crippen LogP contribution is 2.37. The molecule has 2 aromatic rings. The van der Waals surface area contributed by atoms with Crippen LogP contribution < -0.4 is 15.4 Å². The molecular weight excluding hydrogens is 562 g/mol. The lowest BCUT2D eigenvalue weighted by molar-refractivity contribution is -0.258. The number of aliphatic hydroxyl groups excluding tert-OH is 1. The number of hydrogen-bond acceptors (Lipinski definition) is 8. The first kappa shape index (κ1) is 31.9. The average Bonchev–Trinajstić information content (AvgIpc) is 3.00. The van der Waals surface area contributed by atoms with Crippen molar-refractivity contribution in [2.75, 3.05) is 33.4 Å². The van der Waals surface area contributed by atoms with E-state index in [-0.39, 0.29) is 30.3 Å². The molecule has 2 aliphatic rings. The summed E-state index contributed by atoms with van der Waals surface area (Å²) in [6.45, 7) is 5.17. The Hall–Kier alpha value is -3.03. The van der Waals surface area contributed by atoms with E-state index in [4.69, 9.17) is 14.2 Å². The number of methoxy groups -OCH3 is 1. The second-order valence-corrected chi connectivity index (χ2v) is 13.3. The lowest BCUT2D eigenvalue weighted by atomic mass is 9.85. The molecule has 2 aromatic carbocycles. The molecule has 2 amide bonds. The normalized spacial score (nSPS) is 21.7. The fourth-order valence-corrected chi connectivity index (χ4v) is 6.59. The number of carbonyl (C=O) groups is 2. The minimum Gasteiger partial charge on any atom is -0.497 e. The van der Waals surface area contributed by atoms with Gasteiger partial charge in [-0.05, 0) is 49.1 Å². The van der Waals surface area contributed by atoms with Crippen molar-refractivity contribution < 1.29 is 37.3 Å². The van der Waals surface area contributed by atoms with Crippen molar-refractivity contribution in [2.45, 2.75) is 69.5 Å². The maximum Gasteiger partial charge on any atom is 0.249 e. The maximum atomic E-state index is 13.0. The molecule has 0 aliphatic carbocycles. The molecule has 0 aromatic heterocycles. The number of sulfonamides is 1. The van der Waals surface area contributed by atoms with Gasteiger partial charge in [0.05, 0.1) is 18.6 Å². The Morgan fingerprint density at radius 2 is 1.81 bits per heavy atom. The van der Waals surface area contributed by atoms with Crippen LogP contribution in [-0.2, 0) is 35.6 Å². The molecule has 12 heteroatoms. The summed E-state index contributed by atoms with van der Waals surface area (Å²) in [5, 5.41) is 15.8. The SMILES string of the molecule is COc1ccc(C2OCC(C)(C)[C@H](C(=O)NCCC(O)C(=O)NCc3cccc(S(=O)(=O)N4CCCCC4)c3)O2)cc1. The van der Waals surface area contributed by atoms with Crippen molar-refractivity contribution in [3.8, 4) is 5.75 Å². The van der Waals surface area contributed by atoms with E-state index in [1.165, 1.54) is 4.31 Å². The lowest BCUT2D eigenvalue weighted by Gasteiger charge is -2.41. The molecule has 0 saturated carbocycles. The van der Waals surface area contributed by atoms with Gasteiger partial charge in [0.1, 0.15) is 18.0 Å². The van der Waals surface area contributed by atoms with Gasteiger partial charge < -0.3 is 30.0 Å². The molecule has 0 bridgehead atoms. The molecule has 42 heavy (non-hydrogen) atoms. The molecular formula is C30H41N3O8S. The van der Waals surface area contributed by atoms with Crippen molar-refractivity contribution in [3.05, 3.63) is 59.7 Å². The minimum atomic E-state index is -3.59. The number of carbonyl (C=O) groups excluding carboxylic acids is 2. The molecule has 3 N–H and O–H groups in total. The molecule has 230 valence electrons. The Kier molecular flexibility index (Phi) is 10.6. The molecule has 0 spiro atoms. The van der Waals surface area contributed by atoms with Crippen molar-refractivity contribution in [1.29, 1.82) is 0 Å². The third kappa shape index (κ3) is 7.87. The molecule has 4 rings (SSSR count). The Labute approximate surface area is 247 Å². The monoisotopic (exact) mass is 603 g/mol. The zero-order valence-corrected chi connectivity index (χ0v) is 25.2. The summed E-state index contributed by atoms with van der Waals surface area (Å²) in [6.07, 6.45) is -0.180. The van der Waals surface area contributed by atoms with Crippen LogP contribution in [0.25, 0.3) is 0 Å². The van der Waals surface area contributed by atoms with Crippen molar-refractivity contribution in [2.24, 2.45) is 5.41 Å². The summed E-state index contributed by atoms with van der Waals surface area (Å²) in [6, 6.07) is 13.7. The van der Waals surface area contributed by atoms with Crippen LogP contribution in [0.3, 0.4) is 0 Å². The number of amides is 2. The second kappa shape index (κ2) is 14.0. The lowest BCUT2D eigenvalue weighted by Crippen LogP contribution is -2.52. The number of piperidine rings is 1. The highest BCUT2D eigenvalue weighted by molar-refractivity contribution is 7.89. The Balaban J connectivity index is 1.25. The first-order valence-electron chi connectivity index (χ1n) is 14.2. The van der Waals surface area contributed by atoms with Crippen LogP contribution >= 0.6 is 0 Å². The summed E-state index contributed by atoms with van der Waals surface area (Å²) in [5.74, 6) is -0.280. The van der Waals surface area contributed by atoms with Gasteiger partial charge in [0, 0.05) is 37.2 Å². The van der Waals surface area contributed by atoms with Crippen LogP contribution in [0.2, 0.25) is 0 Å². The maximum absolute atomic E-state index is 13.0. The quantitative estimate of drug-likeness (QED) is 0.356. The van der Waals surface area contributed by atoms with Crippen LogP contribution in [0.1, 0.15) is 56.9 Å². The molecule has 2 fully saturated rings. The van der Waals surface area contributed by atoms with E-state index in [2.05, 4.69) is 10.6 Å². The third-order valence-electron chi connectivity index (χ3n) is 7.54. The fraction of sp³-hybridized carbons (Fsp3) is 0.533. The van der Waals surface area contributed by atoms with Gasteiger partial charge in [0.2, 0.25) is 21.8 Å². The van der Waals surface area contributed by atoms with E-state index in [1.54, 1.807) is 43.5 Å². The third-order valence-corrected chi connectivity index (χ3v) is 9.43. The molecule has 2 aliphatic heterocycles. The highest BCUT2D eigenvalue weighted by atomic mass is 32.2. The van der Waals surface area contributed by atoms with Gasteiger partial charge in [0.25, 0.3) is 0 Å². The molecule has 0 radical (unpaired) electrons. The Morgan fingerprint density at radius 3 is 2.50 bits per heavy atom.